The third kappa shape index (κ3) is 5.57. The Labute approximate surface area is 216 Å². The number of rotatable bonds is 10. The van der Waals surface area contributed by atoms with Crippen LogP contribution >= 0.6 is 7.75 Å². The maximum Gasteiger partial charge on any atom is 0.459 e. The third-order valence-corrected chi connectivity index (χ3v) is 7.49. The Hall–Kier alpha value is -3.33. The minimum atomic E-state index is -4.24. The molecule has 0 saturated carbocycles. The summed E-state index contributed by atoms with van der Waals surface area (Å²) in [7, 11) is -4.24. The molecule has 38 heavy (non-hydrogen) atoms. The van der Waals surface area contributed by atoms with Crippen molar-refractivity contribution in [2.45, 2.75) is 50.8 Å². The van der Waals surface area contributed by atoms with Crippen molar-refractivity contribution < 1.29 is 38.1 Å². The standard InChI is InChI=1S/C22H29N6O9P/c1-4-34-19(30)12(2)27-38(33,37-13-8-6-5-7-9-13)35-10-14-16(29)22(3,32)20(36-14)28-11-24-15-17(23)25-21(31)26-18(15)28/h5-9,11-12,14,16,20,29,32H,4,10H2,1-3H3,(H,27,33)(H3,23,25,26,31)/t12-,14+,16+,20+,22+,38?/m0/s1. The van der Waals surface area contributed by atoms with Gasteiger partial charge in [-0.05, 0) is 32.9 Å². The number of para-hydroxylation sites is 1. The number of aliphatic hydroxyl groups is 2. The highest BCUT2D eigenvalue weighted by molar-refractivity contribution is 7.52. The zero-order valence-corrected chi connectivity index (χ0v) is 21.7. The summed E-state index contributed by atoms with van der Waals surface area (Å²) >= 11 is 0. The lowest BCUT2D eigenvalue weighted by Crippen LogP contribution is -2.44. The van der Waals surface area contributed by atoms with Crippen LogP contribution in [0.4, 0.5) is 5.82 Å². The van der Waals surface area contributed by atoms with E-state index in [1.54, 1.807) is 37.3 Å². The van der Waals surface area contributed by atoms with Gasteiger partial charge in [0.25, 0.3) is 0 Å². The smallest absolute Gasteiger partial charge is 0.459 e. The molecular formula is C22H29N6O9P. The molecule has 1 saturated heterocycles. The fraction of sp³-hybridized carbons (Fsp3) is 0.455. The van der Waals surface area contributed by atoms with Crippen LogP contribution in [0.15, 0.2) is 41.5 Å². The molecule has 6 N–H and O–H groups in total. The molecule has 4 rings (SSSR count). The number of nitrogens with zero attached hydrogens (tertiary/aromatic N) is 3. The van der Waals surface area contributed by atoms with Crippen molar-refractivity contribution in [1.29, 1.82) is 0 Å². The van der Waals surface area contributed by atoms with E-state index in [0.717, 1.165) is 0 Å². The summed E-state index contributed by atoms with van der Waals surface area (Å²) in [6.45, 7) is 3.96. The third-order valence-electron chi connectivity index (χ3n) is 5.85. The highest BCUT2D eigenvalue weighted by Crippen LogP contribution is 2.47. The molecule has 15 nitrogen and oxygen atoms in total. The molecular weight excluding hydrogens is 523 g/mol. The average Bonchev–Trinajstić information content (AvgIpc) is 3.37. The summed E-state index contributed by atoms with van der Waals surface area (Å²) in [5.74, 6) is -0.518. The average molecular weight is 552 g/mol. The number of imidazole rings is 1. The monoisotopic (exact) mass is 552 g/mol. The molecule has 0 spiro atoms. The van der Waals surface area contributed by atoms with Gasteiger partial charge in [-0.1, -0.05) is 18.2 Å². The number of nitrogens with one attached hydrogen (secondary N) is 2. The van der Waals surface area contributed by atoms with Crippen LogP contribution in [-0.4, -0.2) is 72.8 Å². The first-order valence-corrected chi connectivity index (χ1v) is 13.2. The fourth-order valence-corrected chi connectivity index (χ4v) is 5.44. The highest BCUT2D eigenvalue weighted by atomic mass is 31.2. The van der Waals surface area contributed by atoms with Crippen LogP contribution in [0.25, 0.3) is 11.2 Å². The zero-order valence-electron chi connectivity index (χ0n) is 20.8. The SMILES string of the molecule is CCOC(=O)[C@H](C)NP(=O)(OC[C@H]1O[C@@H](n2cnc3c(N)[nH]c(=O)nc32)[C@](C)(O)[C@@H]1O)Oc1ccccc1. The topological polar surface area (TPSA) is 213 Å². The van der Waals surface area contributed by atoms with Gasteiger partial charge in [0, 0.05) is 0 Å². The first kappa shape index (κ1) is 27.7. The number of ether oxygens (including phenoxy) is 2. The number of nitrogen functional groups attached to an aromatic ring is 1. The Kier molecular flexibility index (Phi) is 7.88. The van der Waals surface area contributed by atoms with Crippen LogP contribution in [0.5, 0.6) is 5.75 Å². The molecule has 1 aromatic carbocycles. The summed E-state index contributed by atoms with van der Waals surface area (Å²) in [6, 6.07) is 7.05. The molecule has 1 aliphatic heterocycles. The molecule has 1 unspecified atom stereocenters. The summed E-state index contributed by atoms with van der Waals surface area (Å²) in [6.07, 6.45) is -2.79. The molecule has 206 valence electrons. The zero-order chi connectivity index (χ0) is 27.7. The van der Waals surface area contributed by atoms with E-state index in [1.165, 1.54) is 24.7 Å². The Morgan fingerprint density at radius 1 is 1.39 bits per heavy atom. The lowest BCUT2D eigenvalue weighted by atomic mass is 9.96. The Morgan fingerprint density at radius 3 is 2.79 bits per heavy atom. The van der Waals surface area contributed by atoms with Crippen molar-refractivity contribution >= 4 is 30.7 Å². The van der Waals surface area contributed by atoms with Crippen LogP contribution in [-0.2, 0) is 23.4 Å². The maximum atomic E-state index is 13.6. The second-order valence-corrected chi connectivity index (χ2v) is 10.5. The summed E-state index contributed by atoms with van der Waals surface area (Å²) in [5, 5.41) is 24.5. The van der Waals surface area contributed by atoms with E-state index >= 15 is 0 Å². The van der Waals surface area contributed by atoms with Crippen LogP contribution in [0.3, 0.4) is 0 Å². The molecule has 3 aromatic rings. The normalized spacial score (nSPS) is 25.7. The number of anilines is 1. The summed E-state index contributed by atoms with van der Waals surface area (Å²) < 4.78 is 36.9. The number of carbonyl (C=O) groups is 1. The number of fused-ring (bicyclic) bond motifs is 1. The number of aromatic nitrogens is 4. The fourth-order valence-electron chi connectivity index (χ4n) is 3.94. The van der Waals surface area contributed by atoms with E-state index in [0.29, 0.717) is 0 Å². The van der Waals surface area contributed by atoms with E-state index in [9.17, 15) is 24.4 Å². The highest BCUT2D eigenvalue weighted by Gasteiger charge is 2.54. The maximum absolute atomic E-state index is 13.6. The molecule has 0 aliphatic carbocycles. The summed E-state index contributed by atoms with van der Waals surface area (Å²) in [4.78, 5) is 34.3. The number of carbonyl (C=O) groups excluding carboxylic acids is 1. The minimum Gasteiger partial charge on any atom is -0.465 e. The molecule has 0 amide bonds. The number of aliphatic hydroxyl groups excluding tert-OH is 1. The van der Waals surface area contributed by atoms with Gasteiger partial charge in [0.15, 0.2) is 11.9 Å². The number of H-pyrrole nitrogens is 1. The second-order valence-electron chi connectivity index (χ2n) is 8.78. The predicted octanol–water partition coefficient (Wildman–Crippen LogP) is 0.456. The van der Waals surface area contributed by atoms with Gasteiger partial charge < -0.3 is 29.9 Å². The molecule has 0 radical (unpaired) electrons. The number of hydrogen-bond acceptors (Lipinski definition) is 12. The Morgan fingerprint density at radius 2 is 2.11 bits per heavy atom. The van der Waals surface area contributed by atoms with Gasteiger partial charge >= 0.3 is 19.4 Å². The molecule has 6 atom stereocenters. The first-order chi connectivity index (χ1) is 17.9. The number of benzene rings is 1. The quantitative estimate of drug-likeness (QED) is 0.171. The molecule has 3 heterocycles. The number of esters is 1. The van der Waals surface area contributed by atoms with Gasteiger partial charge in [0.05, 0.1) is 19.5 Å². The van der Waals surface area contributed by atoms with E-state index in [2.05, 4.69) is 20.0 Å². The van der Waals surface area contributed by atoms with E-state index < -0.39 is 56.1 Å². The van der Waals surface area contributed by atoms with Gasteiger partial charge in [0.1, 0.15) is 40.9 Å². The number of aromatic amines is 1. The first-order valence-electron chi connectivity index (χ1n) is 11.7. The lowest BCUT2D eigenvalue weighted by Gasteiger charge is -2.27. The van der Waals surface area contributed by atoms with E-state index in [-0.39, 0.29) is 29.3 Å². The van der Waals surface area contributed by atoms with Crippen LogP contribution in [0, 0.1) is 0 Å². The Balaban J connectivity index is 1.56. The molecule has 1 fully saturated rings. The van der Waals surface area contributed by atoms with Crippen molar-refractivity contribution in [3.05, 3.63) is 47.1 Å². The van der Waals surface area contributed by atoms with Crippen molar-refractivity contribution in [2.24, 2.45) is 0 Å². The number of hydrogen-bond donors (Lipinski definition) is 5. The van der Waals surface area contributed by atoms with Crippen molar-refractivity contribution in [2.75, 3.05) is 18.9 Å². The van der Waals surface area contributed by atoms with Crippen LogP contribution in [0.1, 0.15) is 27.0 Å². The largest absolute Gasteiger partial charge is 0.465 e. The molecule has 2 aromatic heterocycles. The van der Waals surface area contributed by atoms with E-state index in [4.69, 9.17) is 24.3 Å². The van der Waals surface area contributed by atoms with Gasteiger partial charge in [-0.25, -0.2) is 14.3 Å². The van der Waals surface area contributed by atoms with Crippen LogP contribution in [0.2, 0.25) is 0 Å². The van der Waals surface area contributed by atoms with Crippen molar-refractivity contribution in [3.63, 3.8) is 0 Å². The number of nitrogens with two attached hydrogens (primary N) is 1. The van der Waals surface area contributed by atoms with E-state index in [1.807, 2.05) is 0 Å². The molecule has 0 bridgehead atoms. The van der Waals surface area contributed by atoms with Gasteiger partial charge in [0.2, 0.25) is 0 Å². The lowest BCUT2D eigenvalue weighted by molar-refractivity contribution is -0.144. The predicted molar refractivity (Wildman–Crippen MR) is 133 cm³/mol. The molecule has 1 aliphatic rings. The Bertz CT molecular complexity index is 1390. The van der Waals surface area contributed by atoms with Crippen molar-refractivity contribution in [1.82, 2.24) is 24.6 Å². The summed E-state index contributed by atoms with van der Waals surface area (Å²) in [5.41, 5.74) is 3.33. The minimum absolute atomic E-state index is 0.0216. The molecule has 16 heteroatoms. The van der Waals surface area contributed by atoms with Gasteiger partial charge in [-0.2, -0.15) is 10.1 Å². The van der Waals surface area contributed by atoms with Crippen molar-refractivity contribution in [3.8, 4) is 5.75 Å². The van der Waals surface area contributed by atoms with Gasteiger partial charge in [-0.15, -0.1) is 0 Å². The second kappa shape index (κ2) is 10.8. The van der Waals surface area contributed by atoms with Gasteiger partial charge in [-0.3, -0.25) is 18.9 Å². The van der Waals surface area contributed by atoms with Crippen LogP contribution < -0.4 is 21.0 Å².